The van der Waals surface area contributed by atoms with Crippen LogP contribution in [-0.4, -0.2) is 55.6 Å². The van der Waals surface area contributed by atoms with Crippen LogP contribution >= 0.6 is 0 Å². The van der Waals surface area contributed by atoms with Crippen molar-refractivity contribution in [3.8, 4) is 11.5 Å². The quantitative estimate of drug-likeness (QED) is 0.0750. The number of halogens is 16. The Morgan fingerprint density at radius 3 is 0.792 bits per heavy atom. The zero-order valence-corrected chi connectivity index (χ0v) is 47.3. The van der Waals surface area contributed by atoms with E-state index < -0.39 is 198 Å². The first-order chi connectivity index (χ1) is 46.3. The van der Waals surface area contributed by atoms with E-state index in [4.69, 9.17) is 29.3 Å². The smallest absolute Gasteiger partial charge is 0.523 e. The fraction of sp³-hybridized carbons (Fsp3) is 0.0625. The third kappa shape index (κ3) is 6.95. The molecule has 12 aromatic rings. The van der Waals surface area contributed by atoms with Gasteiger partial charge in [0.25, 0.3) is 0 Å². The molecule has 12 bridgehead atoms. The van der Waals surface area contributed by atoms with Crippen molar-refractivity contribution >= 4 is 104 Å². The van der Waals surface area contributed by atoms with E-state index in [0.717, 1.165) is 8.96 Å². The molecule has 32 heteroatoms. The average Bonchev–Trinajstić information content (AvgIpc) is 1.53. The van der Waals surface area contributed by atoms with E-state index in [0.29, 0.717) is 22.3 Å². The van der Waals surface area contributed by atoms with E-state index in [2.05, 4.69) is 20.0 Å². The molecule has 0 radical (unpaired) electrons. The number of fused-ring (bicyclic) bond motifs is 20. The number of hydrogen-bond donors (Lipinski definition) is 0. The predicted molar refractivity (Wildman–Crippen MR) is 311 cm³/mol. The molecule has 0 spiro atoms. The summed E-state index contributed by atoms with van der Waals surface area (Å²) in [5.74, 6) is -41.7. The summed E-state index contributed by atoms with van der Waals surface area (Å²) in [5, 5.41) is -3.92. The lowest BCUT2D eigenvalue weighted by atomic mass is 9.90. The molecule has 0 atom stereocenters. The van der Waals surface area contributed by atoms with Crippen molar-refractivity contribution in [1.29, 1.82) is 0 Å². The molecule has 0 N–H and O–H groups in total. The number of para-hydroxylation sites is 2. The fourth-order valence-corrected chi connectivity index (χ4v) is 14.1. The van der Waals surface area contributed by atoms with Gasteiger partial charge in [-0.05, 0) is 72.2 Å². The Balaban J connectivity index is 0.942. The van der Waals surface area contributed by atoms with Crippen LogP contribution in [0.15, 0.2) is 125 Å². The van der Waals surface area contributed by atoms with Gasteiger partial charge < -0.3 is 9.31 Å². The normalized spacial score (nSPS) is 15.0. The summed E-state index contributed by atoms with van der Waals surface area (Å²) < 4.78 is 276. The Bertz CT molecular complexity index is 5890. The number of benzene rings is 8. The molecule has 0 saturated carbocycles. The van der Waals surface area contributed by atoms with Crippen molar-refractivity contribution in [3.63, 3.8) is 0 Å². The van der Waals surface area contributed by atoms with E-state index in [1.165, 1.54) is 33.2 Å². The molecular weight excluding hydrogens is 1290 g/mol. The summed E-state index contributed by atoms with van der Waals surface area (Å²) in [6, 6.07) is 21.9. The van der Waals surface area contributed by atoms with Gasteiger partial charge in [-0.2, -0.15) is 0 Å². The number of aromatic nitrogens is 4. The fourth-order valence-electron chi connectivity index (χ4n) is 14.1. The Morgan fingerprint density at radius 1 is 0.250 bits per heavy atom. The maximum Gasteiger partial charge on any atom is 0.633 e. The van der Waals surface area contributed by atoms with Crippen molar-refractivity contribution in [3.05, 3.63) is 244 Å². The minimum absolute atomic E-state index is 0.0193. The third-order valence-corrected chi connectivity index (χ3v) is 18.2. The number of amidine groups is 4. The highest BCUT2D eigenvalue weighted by molar-refractivity contribution is 6.53. The monoisotopic (exact) mass is 1320 g/mol. The third-order valence-electron chi connectivity index (χ3n) is 18.2. The number of rotatable bonds is 4. The molecule has 0 amide bonds. The second-order valence-electron chi connectivity index (χ2n) is 23.1. The topological polar surface area (TPSA) is 137 Å². The lowest BCUT2D eigenvalue weighted by Crippen LogP contribution is -2.52. The summed E-state index contributed by atoms with van der Waals surface area (Å²) in [6.45, 7) is 0. The molecule has 14 nitrogen and oxygen atoms in total. The Labute approximate surface area is 521 Å². The van der Waals surface area contributed by atoms with Gasteiger partial charge in [0.1, 0.15) is 56.7 Å². The number of aliphatic imine (C=N–C) groups is 4. The standard InChI is InChI=1S/C64H22B2F16N12O2/c67-37-29-31(39(69)47(77)45(37)75)55-83-53(29)85-57-25-19-11-12-20-14-16-22(18-17-21(15-13-19)27(25)59-89-63-35-33(41(71)49(79)51(81)43(35)73)61(87-55)93(63)65(91(57)59)95-23-7-3-1-4-8-23)28-26(20)58-86-54-30-32(40(70)48(78)46(76)38(30)68)56(84-54)88-62-34-36(44(74)52(82)50(80)42(34)72)64-90-60(28)92(58)66(94(62)64)96-24-9-5-2-6-10-24/h1-10,13-16H,11-12,17-18H2. The lowest BCUT2D eigenvalue weighted by Gasteiger charge is -2.23. The van der Waals surface area contributed by atoms with Gasteiger partial charge in [-0.15, -0.1) is 0 Å². The van der Waals surface area contributed by atoms with Crippen LogP contribution < -0.4 is 31.3 Å². The van der Waals surface area contributed by atoms with Gasteiger partial charge in [-0.3, -0.25) is 17.9 Å². The van der Waals surface area contributed by atoms with Crippen LogP contribution in [0.25, 0.3) is 43.1 Å². The van der Waals surface area contributed by atoms with Gasteiger partial charge in [-0.1, -0.05) is 60.7 Å². The molecule has 10 heterocycles. The van der Waals surface area contributed by atoms with Crippen molar-refractivity contribution in [2.75, 3.05) is 0 Å². The van der Waals surface area contributed by atoms with E-state index in [1.807, 2.05) is 0 Å². The SMILES string of the molecule is Fc1c(F)c(F)c2c(c1F)C1=NC2=Nc2c3c(F)c(F)c(F)c(F)c3c3n2B(Oc2ccccc2)n2c(c4c5ccc(c4c2=N3)CCc2ccc(c3c4n6c(c23)=Nc2c3c(F)c(F)c(F)c(F)c3c(n2B6Oc2ccccc2)N=C2N=C(N=4)c3c(F)c(F)c(F)c(F)c32)CC5)=N1. The van der Waals surface area contributed by atoms with Gasteiger partial charge in [0.05, 0.1) is 43.8 Å². The number of hydrogen-bond acceptors (Lipinski definition) is 10. The Hall–Kier alpha value is -11.6. The molecule has 8 aromatic carbocycles. The molecule has 0 unspecified atom stereocenters. The first kappa shape index (κ1) is 56.0. The van der Waals surface area contributed by atoms with E-state index >= 15 is 70.2 Å². The summed E-state index contributed by atoms with van der Waals surface area (Å²) >= 11 is 0. The van der Waals surface area contributed by atoms with Crippen LogP contribution in [-0.2, 0) is 25.7 Å². The summed E-state index contributed by atoms with van der Waals surface area (Å²) in [4.78, 5) is 36.4. The van der Waals surface area contributed by atoms with Crippen molar-refractivity contribution in [2.24, 2.45) is 39.9 Å². The molecule has 96 heavy (non-hydrogen) atoms. The first-order valence-corrected chi connectivity index (χ1v) is 28.9. The average molecular weight is 1320 g/mol. The Kier molecular flexibility index (Phi) is 11.1. The Morgan fingerprint density at radius 2 is 0.500 bits per heavy atom. The minimum Gasteiger partial charge on any atom is -0.523 e. The van der Waals surface area contributed by atoms with Crippen LogP contribution in [0, 0.1) is 93.1 Å². The molecule has 4 aromatic heterocycles. The van der Waals surface area contributed by atoms with Crippen LogP contribution in [0.3, 0.4) is 0 Å². The predicted octanol–water partition coefficient (Wildman–Crippen LogP) is 12.0. The van der Waals surface area contributed by atoms with E-state index in [9.17, 15) is 0 Å². The number of aryl methyl sites for hydroxylation is 4. The molecule has 6 aliphatic heterocycles. The zero-order chi connectivity index (χ0) is 65.8. The summed E-state index contributed by atoms with van der Waals surface area (Å²) in [5.41, 5.74) is -4.41. The van der Waals surface area contributed by atoms with Crippen molar-refractivity contribution in [1.82, 2.24) is 17.9 Å². The van der Waals surface area contributed by atoms with Crippen molar-refractivity contribution < 1.29 is 79.6 Å². The molecule has 8 aliphatic rings. The molecular formula is C64H22B2F16N12O2. The van der Waals surface area contributed by atoms with Gasteiger partial charge in [0.2, 0.25) is 0 Å². The number of nitrogens with zero attached hydrogens (tertiary/aromatic N) is 12. The van der Waals surface area contributed by atoms with E-state index in [1.54, 1.807) is 60.7 Å². The van der Waals surface area contributed by atoms with Gasteiger partial charge >= 0.3 is 14.4 Å². The second-order valence-corrected chi connectivity index (χ2v) is 23.1. The highest BCUT2D eigenvalue weighted by atomic mass is 19.2. The summed E-state index contributed by atoms with van der Waals surface area (Å²) in [6.07, 6.45) is -0.637. The molecule has 0 fully saturated rings. The van der Waals surface area contributed by atoms with Crippen LogP contribution in [0.2, 0.25) is 0 Å². The maximum absolute atomic E-state index is 16.9. The van der Waals surface area contributed by atoms with Crippen LogP contribution in [0.1, 0.15) is 44.5 Å². The van der Waals surface area contributed by atoms with Gasteiger partial charge in [0.15, 0.2) is 116 Å². The van der Waals surface area contributed by atoms with Crippen LogP contribution in [0.5, 0.6) is 11.5 Å². The zero-order valence-electron chi connectivity index (χ0n) is 47.3. The van der Waals surface area contributed by atoms with Gasteiger partial charge in [-0.25, -0.2) is 110 Å². The molecule has 20 rings (SSSR count). The van der Waals surface area contributed by atoms with E-state index in [-0.39, 0.29) is 80.7 Å². The lowest BCUT2D eigenvalue weighted by molar-refractivity contribution is 0.407. The maximum atomic E-state index is 16.9. The first-order valence-electron chi connectivity index (χ1n) is 28.9. The van der Waals surface area contributed by atoms with Crippen LogP contribution in [0.4, 0.5) is 93.5 Å². The highest BCUT2D eigenvalue weighted by Gasteiger charge is 2.48. The second kappa shape index (κ2) is 19.1. The highest BCUT2D eigenvalue weighted by Crippen LogP contribution is 2.49. The van der Waals surface area contributed by atoms with Crippen molar-refractivity contribution in [2.45, 2.75) is 25.7 Å². The molecule has 2 aliphatic carbocycles. The molecule has 0 saturated heterocycles. The molecule has 468 valence electrons. The largest absolute Gasteiger partial charge is 0.633 e. The minimum atomic E-state index is -2.34. The summed E-state index contributed by atoms with van der Waals surface area (Å²) in [7, 11) is -3.79. The van der Waals surface area contributed by atoms with Gasteiger partial charge in [0, 0.05) is 21.5 Å².